The Morgan fingerprint density at radius 3 is 2.62 bits per heavy atom. The molecular weight excluding hydrogens is 206 g/mol. The van der Waals surface area contributed by atoms with Crippen molar-refractivity contribution in [1.82, 2.24) is 5.48 Å². The first-order valence-electron chi connectivity index (χ1n) is 4.82. The summed E-state index contributed by atoms with van der Waals surface area (Å²) < 4.78 is 5.38. The lowest BCUT2D eigenvalue weighted by atomic mass is 10.1. The maximum Gasteiger partial charge on any atom is 0.310 e. The number of hydroxylamine groups is 1. The van der Waals surface area contributed by atoms with E-state index in [2.05, 4.69) is 0 Å². The van der Waals surface area contributed by atoms with Gasteiger partial charge in [0.15, 0.2) is 5.76 Å². The summed E-state index contributed by atoms with van der Waals surface area (Å²) in [6, 6.07) is 11.1. The van der Waals surface area contributed by atoms with Gasteiger partial charge in [-0.05, 0) is 18.6 Å². The van der Waals surface area contributed by atoms with Gasteiger partial charge in [-0.1, -0.05) is 30.3 Å². The predicted octanol–water partition coefficient (Wildman–Crippen LogP) is 2.37. The van der Waals surface area contributed by atoms with Crippen molar-refractivity contribution in [2.24, 2.45) is 0 Å². The fourth-order valence-corrected chi connectivity index (χ4v) is 1.53. The van der Waals surface area contributed by atoms with Gasteiger partial charge >= 0.3 is 5.91 Å². The minimum absolute atomic E-state index is 0.0962. The van der Waals surface area contributed by atoms with Crippen LogP contribution in [0.15, 0.2) is 40.8 Å². The van der Waals surface area contributed by atoms with Gasteiger partial charge in [0, 0.05) is 5.56 Å². The predicted molar refractivity (Wildman–Crippen MR) is 58.1 cm³/mol. The molecule has 0 bridgehead atoms. The standard InChI is InChI=1S/C12H11NO3/c1-8-7-10(12(14)13-15)16-11(8)9-5-3-2-4-6-9/h2-7,15H,1H3,(H,13,14). The molecule has 0 radical (unpaired) electrons. The summed E-state index contributed by atoms with van der Waals surface area (Å²) in [7, 11) is 0. The van der Waals surface area contributed by atoms with E-state index in [1.54, 1.807) is 11.5 Å². The first-order valence-corrected chi connectivity index (χ1v) is 4.82. The number of nitrogens with one attached hydrogen (secondary N) is 1. The molecule has 0 saturated carbocycles. The largest absolute Gasteiger partial charge is 0.451 e. The number of rotatable bonds is 2. The zero-order chi connectivity index (χ0) is 11.5. The summed E-state index contributed by atoms with van der Waals surface area (Å²) >= 11 is 0. The molecule has 0 aliphatic rings. The van der Waals surface area contributed by atoms with E-state index < -0.39 is 5.91 Å². The number of furan rings is 1. The minimum Gasteiger partial charge on any atom is -0.451 e. The van der Waals surface area contributed by atoms with Crippen LogP contribution in [0.25, 0.3) is 11.3 Å². The highest BCUT2D eigenvalue weighted by Crippen LogP contribution is 2.26. The second-order valence-corrected chi connectivity index (χ2v) is 3.43. The number of benzene rings is 1. The molecule has 0 aliphatic carbocycles. The van der Waals surface area contributed by atoms with Crippen LogP contribution in [-0.2, 0) is 0 Å². The number of aryl methyl sites for hydroxylation is 1. The Bertz CT molecular complexity index is 502. The lowest BCUT2D eigenvalue weighted by Crippen LogP contribution is -2.17. The number of carbonyl (C=O) groups excluding carboxylic acids is 1. The highest BCUT2D eigenvalue weighted by molar-refractivity contribution is 5.91. The molecule has 1 aromatic heterocycles. The van der Waals surface area contributed by atoms with Gasteiger partial charge < -0.3 is 4.42 Å². The van der Waals surface area contributed by atoms with Crippen molar-refractivity contribution in [3.05, 3.63) is 47.7 Å². The van der Waals surface area contributed by atoms with Gasteiger partial charge in [-0.3, -0.25) is 10.0 Å². The third kappa shape index (κ3) is 1.83. The Morgan fingerprint density at radius 2 is 2.00 bits per heavy atom. The summed E-state index contributed by atoms with van der Waals surface area (Å²) in [5, 5.41) is 8.50. The molecule has 1 amide bonds. The second kappa shape index (κ2) is 4.20. The van der Waals surface area contributed by atoms with E-state index >= 15 is 0 Å². The van der Waals surface area contributed by atoms with E-state index in [1.165, 1.54) is 0 Å². The Hall–Kier alpha value is -2.07. The number of amides is 1. The Labute approximate surface area is 92.5 Å². The molecule has 0 fully saturated rings. The summed E-state index contributed by atoms with van der Waals surface area (Å²) in [6.45, 7) is 1.85. The summed E-state index contributed by atoms with van der Waals surface area (Å²) in [4.78, 5) is 11.2. The van der Waals surface area contributed by atoms with Crippen molar-refractivity contribution < 1.29 is 14.4 Å². The summed E-state index contributed by atoms with van der Waals surface area (Å²) in [5.41, 5.74) is 3.29. The maximum absolute atomic E-state index is 11.2. The number of hydrogen-bond acceptors (Lipinski definition) is 3. The van der Waals surface area contributed by atoms with Gasteiger partial charge in [0.2, 0.25) is 0 Å². The van der Waals surface area contributed by atoms with Crippen molar-refractivity contribution >= 4 is 5.91 Å². The molecular formula is C12H11NO3. The Morgan fingerprint density at radius 1 is 1.31 bits per heavy atom. The lowest BCUT2D eigenvalue weighted by molar-refractivity contribution is 0.0677. The van der Waals surface area contributed by atoms with Crippen LogP contribution in [-0.4, -0.2) is 11.1 Å². The third-order valence-electron chi connectivity index (χ3n) is 2.28. The second-order valence-electron chi connectivity index (χ2n) is 3.43. The van der Waals surface area contributed by atoms with Crippen molar-refractivity contribution in [1.29, 1.82) is 0 Å². The first-order chi connectivity index (χ1) is 7.72. The van der Waals surface area contributed by atoms with Crippen LogP contribution in [0.3, 0.4) is 0 Å². The van der Waals surface area contributed by atoms with Crippen LogP contribution >= 0.6 is 0 Å². The van der Waals surface area contributed by atoms with Crippen LogP contribution < -0.4 is 5.48 Å². The van der Waals surface area contributed by atoms with Crippen molar-refractivity contribution in [3.8, 4) is 11.3 Å². The summed E-state index contributed by atoms with van der Waals surface area (Å²) in [6.07, 6.45) is 0. The van der Waals surface area contributed by atoms with Crippen LogP contribution in [0.1, 0.15) is 16.1 Å². The van der Waals surface area contributed by atoms with Crippen LogP contribution in [0, 0.1) is 6.92 Å². The fraction of sp³-hybridized carbons (Fsp3) is 0.0833. The molecule has 82 valence electrons. The van der Waals surface area contributed by atoms with Gasteiger partial charge in [-0.15, -0.1) is 0 Å². The van der Waals surface area contributed by atoms with E-state index in [0.717, 1.165) is 11.1 Å². The van der Waals surface area contributed by atoms with E-state index in [-0.39, 0.29) is 5.76 Å². The number of carbonyl (C=O) groups is 1. The molecule has 1 aromatic carbocycles. The molecule has 0 saturated heterocycles. The van der Waals surface area contributed by atoms with Gasteiger partial charge in [-0.2, -0.15) is 0 Å². The molecule has 0 atom stereocenters. The monoisotopic (exact) mass is 217 g/mol. The molecule has 0 spiro atoms. The van der Waals surface area contributed by atoms with Crippen LogP contribution in [0.5, 0.6) is 0 Å². The SMILES string of the molecule is Cc1cc(C(=O)NO)oc1-c1ccccc1. The Kier molecular flexibility index (Phi) is 2.74. The third-order valence-corrected chi connectivity index (χ3v) is 2.28. The zero-order valence-corrected chi connectivity index (χ0v) is 8.73. The van der Waals surface area contributed by atoms with Crippen molar-refractivity contribution in [2.45, 2.75) is 6.92 Å². The smallest absolute Gasteiger partial charge is 0.310 e. The molecule has 2 N–H and O–H groups in total. The average molecular weight is 217 g/mol. The molecule has 0 aliphatic heterocycles. The van der Waals surface area contributed by atoms with Gasteiger partial charge in [0.1, 0.15) is 5.76 Å². The molecule has 2 aromatic rings. The molecule has 4 nitrogen and oxygen atoms in total. The molecule has 4 heteroatoms. The van der Waals surface area contributed by atoms with Crippen molar-refractivity contribution in [2.75, 3.05) is 0 Å². The van der Waals surface area contributed by atoms with E-state index in [4.69, 9.17) is 9.62 Å². The molecule has 0 unspecified atom stereocenters. The highest BCUT2D eigenvalue weighted by Gasteiger charge is 2.14. The topological polar surface area (TPSA) is 62.5 Å². The van der Waals surface area contributed by atoms with Gasteiger partial charge in [-0.25, -0.2) is 5.48 Å². The van der Waals surface area contributed by atoms with E-state index in [1.807, 2.05) is 37.3 Å². The fourth-order valence-electron chi connectivity index (χ4n) is 1.53. The minimum atomic E-state index is -0.648. The van der Waals surface area contributed by atoms with E-state index in [9.17, 15) is 4.79 Å². The quantitative estimate of drug-likeness (QED) is 0.599. The molecule has 1 heterocycles. The van der Waals surface area contributed by atoms with Gasteiger partial charge in [0.05, 0.1) is 0 Å². The Balaban J connectivity index is 2.44. The molecule has 16 heavy (non-hydrogen) atoms. The maximum atomic E-state index is 11.2. The highest BCUT2D eigenvalue weighted by atomic mass is 16.5. The van der Waals surface area contributed by atoms with E-state index in [0.29, 0.717) is 5.76 Å². The van der Waals surface area contributed by atoms with Crippen LogP contribution in [0.4, 0.5) is 0 Å². The van der Waals surface area contributed by atoms with Crippen LogP contribution in [0.2, 0.25) is 0 Å². The first kappa shape index (κ1) is 10.4. The zero-order valence-electron chi connectivity index (χ0n) is 8.73. The average Bonchev–Trinajstić information content (AvgIpc) is 2.71. The normalized spacial score (nSPS) is 10.1. The lowest BCUT2D eigenvalue weighted by Gasteiger charge is -1.97. The van der Waals surface area contributed by atoms with Crippen molar-refractivity contribution in [3.63, 3.8) is 0 Å². The number of hydrogen-bond donors (Lipinski definition) is 2. The molecule has 2 rings (SSSR count). The van der Waals surface area contributed by atoms with Gasteiger partial charge in [0.25, 0.3) is 0 Å². The summed E-state index contributed by atoms with van der Waals surface area (Å²) in [5.74, 6) is 0.0864.